The van der Waals surface area contributed by atoms with Crippen molar-refractivity contribution in [2.75, 3.05) is 25.2 Å². The number of carbonyl (C=O) groups excluding carboxylic acids is 2. The summed E-state index contributed by atoms with van der Waals surface area (Å²) in [6.45, 7) is 0.228. The van der Waals surface area contributed by atoms with E-state index in [1.807, 2.05) is 24.3 Å². The largest absolute Gasteiger partial charge is 0.467 e. The standard InChI is InChI=1S/C22H23NO4S/c1-26-20(24)22(10-12-28-13-11-22)23-21(25)27-14-19-17-8-4-2-6-15(17)16-7-3-5-9-18(16)19/h2-9,19H,10-14H2,1H3,(H,23,25). The van der Waals surface area contributed by atoms with Gasteiger partial charge in [-0.3, -0.25) is 0 Å². The lowest BCUT2D eigenvalue weighted by Crippen LogP contribution is -2.57. The van der Waals surface area contributed by atoms with Crippen molar-refractivity contribution < 1.29 is 19.1 Å². The molecule has 1 aliphatic carbocycles. The molecule has 2 aromatic rings. The first-order valence-corrected chi connectivity index (χ1v) is 10.6. The molecule has 0 spiro atoms. The van der Waals surface area contributed by atoms with Crippen molar-refractivity contribution in [1.82, 2.24) is 5.32 Å². The molecule has 1 saturated heterocycles. The Morgan fingerprint density at radius 1 is 1.04 bits per heavy atom. The SMILES string of the molecule is COC(=O)C1(NC(=O)OCC2c3ccccc3-c3ccccc32)CCSCC1. The highest BCUT2D eigenvalue weighted by Gasteiger charge is 2.43. The van der Waals surface area contributed by atoms with E-state index in [4.69, 9.17) is 9.47 Å². The van der Waals surface area contributed by atoms with Crippen LogP contribution in [-0.2, 0) is 14.3 Å². The zero-order valence-electron chi connectivity index (χ0n) is 15.8. The minimum atomic E-state index is -0.984. The molecule has 2 aromatic carbocycles. The van der Waals surface area contributed by atoms with Crippen LogP contribution in [0.25, 0.3) is 11.1 Å². The highest BCUT2D eigenvalue weighted by atomic mass is 32.2. The van der Waals surface area contributed by atoms with Gasteiger partial charge >= 0.3 is 12.1 Å². The topological polar surface area (TPSA) is 64.6 Å². The highest BCUT2D eigenvalue weighted by molar-refractivity contribution is 7.99. The van der Waals surface area contributed by atoms with Crippen molar-refractivity contribution in [3.8, 4) is 11.1 Å². The van der Waals surface area contributed by atoms with Gasteiger partial charge in [0.1, 0.15) is 12.1 Å². The molecule has 28 heavy (non-hydrogen) atoms. The molecule has 1 N–H and O–H groups in total. The minimum Gasteiger partial charge on any atom is -0.467 e. The number of hydrogen-bond donors (Lipinski definition) is 1. The van der Waals surface area contributed by atoms with E-state index < -0.39 is 17.6 Å². The van der Waals surface area contributed by atoms with E-state index >= 15 is 0 Å². The maximum atomic E-state index is 12.6. The number of esters is 1. The molecular weight excluding hydrogens is 374 g/mol. The molecule has 0 saturated carbocycles. The molecule has 1 amide bonds. The van der Waals surface area contributed by atoms with Crippen molar-refractivity contribution in [3.63, 3.8) is 0 Å². The molecule has 0 atom stereocenters. The summed E-state index contributed by atoms with van der Waals surface area (Å²) in [5, 5.41) is 2.81. The molecule has 5 nitrogen and oxygen atoms in total. The van der Waals surface area contributed by atoms with E-state index in [0.717, 1.165) is 22.6 Å². The van der Waals surface area contributed by atoms with Crippen molar-refractivity contribution in [3.05, 3.63) is 59.7 Å². The number of ether oxygens (including phenoxy) is 2. The molecule has 6 heteroatoms. The van der Waals surface area contributed by atoms with Crippen LogP contribution < -0.4 is 5.32 Å². The monoisotopic (exact) mass is 397 g/mol. The van der Waals surface area contributed by atoms with Gasteiger partial charge in [-0.2, -0.15) is 11.8 Å². The van der Waals surface area contributed by atoms with Crippen molar-refractivity contribution in [2.24, 2.45) is 0 Å². The van der Waals surface area contributed by atoms with E-state index in [1.165, 1.54) is 18.2 Å². The number of amides is 1. The fourth-order valence-corrected chi connectivity index (χ4v) is 5.31. The number of hydrogen-bond acceptors (Lipinski definition) is 5. The van der Waals surface area contributed by atoms with Crippen LogP contribution in [-0.4, -0.2) is 42.8 Å². The molecule has 1 aliphatic heterocycles. The number of alkyl carbamates (subject to hydrolysis) is 1. The Morgan fingerprint density at radius 2 is 1.61 bits per heavy atom. The van der Waals surface area contributed by atoms with Gasteiger partial charge < -0.3 is 14.8 Å². The molecule has 2 aliphatic rings. The normalized spacial score (nSPS) is 17.3. The van der Waals surface area contributed by atoms with Gasteiger partial charge in [-0.05, 0) is 46.6 Å². The summed E-state index contributed by atoms with van der Waals surface area (Å²) in [6.07, 6.45) is 0.530. The summed E-state index contributed by atoms with van der Waals surface area (Å²) in [5.74, 6) is 1.20. The summed E-state index contributed by atoms with van der Waals surface area (Å²) in [5.41, 5.74) is 3.70. The maximum absolute atomic E-state index is 12.6. The van der Waals surface area contributed by atoms with Crippen LogP contribution in [0.4, 0.5) is 4.79 Å². The number of thioether (sulfide) groups is 1. The van der Waals surface area contributed by atoms with Crippen molar-refractivity contribution in [1.29, 1.82) is 0 Å². The van der Waals surface area contributed by atoms with Crippen molar-refractivity contribution in [2.45, 2.75) is 24.3 Å². The molecule has 0 aromatic heterocycles. The Hall–Kier alpha value is -2.47. The third kappa shape index (κ3) is 3.37. The summed E-state index contributed by atoms with van der Waals surface area (Å²) >= 11 is 1.77. The Morgan fingerprint density at radius 3 is 2.18 bits per heavy atom. The third-order valence-electron chi connectivity index (χ3n) is 5.61. The smallest absolute Gasteiger partial charge is 0.408 e. The molecular formula is C22H23NO4S. The Bertz CT molecular complexity index is 846. The molecule has 1 fully saturated rings. The second kappa shape index (κ2) is 7.87. The van der Waals surface area contributed by atoms with Crippen LogP contribution in [0, 0.1) is 0 Å². The highest BCUT2D eigenvalue weighted by Crippen LogP contribution is 2.44. The first kappa shape index (κ1) is 18.9. The number of nitrogens with one attached hydrogen (secondary N) is 1. The minimum absolute atomic E-state index is 0.00543. The van der Waals surface area contributed by atoms with Crippen LogP contribution in [0.2, 0.25) is 0 Å². The predicted molar refractivity (Wildman–Crippen MR) is 110 cm³/mol. The van der Waals surface area contributed by atoms with E-state index in [1.54, 1.807) is 11.8 Å². The quantitative estimate of drug-likeness (QED) is 0.791. The molecule has 0 bridgehead atoms. The van der Waals surface area contributed by atoms with Gasteiger partial charge in [0.25, 0.3) is 0 Å². The van der Waals surface area contributed by atoms with Crippen LogP contribution in [0.3, 0.4) is 0 Å². The van der Waals surface area contributed by atoms with Gasteiger partial charge in [-0.1, -0.05) is 48.5 Å². The predicted octanol–water partition coefficient (Wildman–Crippen LogP) is 3.96. The lowest BCUT2D eigenvalue weighted by atomic mass is 9.92. The summed E-state index contributed by atoms with van der Waals surface area (Å²) < 4.78 is 10.5. The van der Waals surface area contributed by atoms with Crippen LogP contribution in [0.1, 0.15) is 29.9 Å². The molecule has 0 unspecified atom stereocenters. The fraction of sp³-hybridized carbons (Fsp3) is 0.364. The number of carbonyl (C=O) groups is 2. The van der Waals surface area contributed by atoms with Crippen LogP contribution >= 0.6 is 11.8 Å². The van der Waals surface area contributed by atoms with E-state index in [0.29, 0.717) is 12.8 Å². The van der Waals surface area contributed by atoms with E-state index in [9.17, 15) is 9.59 Å². The third-order valence-corrected chi connectivity index (χ3v) is 6.59. The van der Waals surface area contributed by atoms with Crippen molar-refractivity contribution >= 4 is 23.8 Å². The van der Waals surface area contributed by atoms with Gasteiger partial charge in [0.2, 0.25) is 0 Å². The molecule has 4 rings (SSSR count). The molecule has 1 heterocycles. The zero-order valence-corrected chi connectivity index (χ0v) is 16.6. The molecule has 0 radical (unpaired) electrons. The fourth-order valence-electron chi connectivity index (χ4n) is 4.13. The second-order valence-corrected chi connectivity index (χ2v) is 8.36. The maximum Gasteiger partial charge on any atom is 0.408 e. The summed E-state index contributed by atoms with van der Waals surface area (Å²) in [6, 6.07) is 16.4. The number of rotatable bonds is 4. The summed E-state index contributed by atoms with van der Waals surface area (Å²) in [7, 11) is 1.35. The van der Waals surface area contributed by atoms with E-state index in [2.05, 4.69) is 29.6 Å². The van der Waals surface area contributed by atoms with Gasteiger partial charge in [0.15, 0.2) is 0 Å². The van der Waals surface area contributed by atoms with Crippen LogP contribution in [0.5, 0.6) is 0 Å². The van der Waals surface area contributed by atoms with Crippen LogP contribution in [0.15, 0.2) is 48.5 Å². The number of benzene rings is 2. The Kier molecular flexibility index (Phi) is 5.31. The number of methoxy groups -OCH3 is 1. The Labute approximate surface area is 168 Å². The van der Waals surface area contributed by atoms with Gasteiger partial charge in [-0.15, -0.1) is 0 Å². The second-order valence-electron chi connectivity index (χ2n) is 7.14. The van der Waals surface area contributed by atoms with Gasteiger partial charge in [-0.25, -0.2) is 9.59 Å². The average Bonchev–Trinajstić information content (AvgIpc) is 3.06. The number of fused-ring (bicyclic) bond motifs is 3. The first-order chi connectivity index (χ1) is 13.6. The summed E-state index contributed by atoms with van der Waals surface area (Å²) in [4.78, 5) is 24.9. The lowest BCUT2D eigenvalue weighted by molar-refractivity contribution is -0.148. The first-order valence-electron chi connectivity index (χ1n) is 9.44. The Balaban J connectivity index is 1.48. The lowest BCUT2D eigenvalue weighted by Gasteiger charge is -2.34. The average molecular weight is 397 g/mol. The van der Waals surface area contributed by atoms with Gasteiger partial charge in [0.05, 0.1) is 7.11 Å². The molecule has 146 valence electrons. The van der Waals surface area contributed by atoms with Gasteiger partial charge in [0, 0.05) is 5.92 Å². The van der Waals surface area contributed by atoms with E-state index in [-0.39, 0.29) is 12.5 Å². The zero-order chi connectivity index (χ0) is 19.6.